The molecule has 1 amide bonds. The summed E-state index contributed by atoms with van der Waals surface area (Å²) in [7, 11) is 0. The molecule has 1 aromatic heterocycles. The Bertz CT molecular complexity index is 432. The Hall–Kier alpha value is -2.11. The molecule has 0 aliphatic heterocycles. The Labute approximate surface area is 105 Å². The number of hydrogen-bond donors (Lipinski definition) is 2. The van der Waals surface area contributed by atoms with Gasteiger partial charge in [-0.05, 0) is 19.9 Å². The molecule has 0 radical (unpaired) electrons. The number of carbonyl (C=O) groups excluding carboxylic acids is 1. The number of rotatable bonds is 6. The van der Waals surface area contributed by atoms with Gasteiger partial charge in [0.25, 0.3) is 0 Å². The predicted molar refractivity (Wildman–Crippen MR) is 64.6 cm³/mol. The van der Waals surface area contributed by atoms with E-state index in [9.17, 15) is 9.59 Å². The fraction of sp³-hybridized carbons (Fsp3) is 0.417. The number of amides is 1. The van der Waals surface area contributed by atoms with Crippen molar-refractivity contribution in [2.24, 2.45) is 0 Å². The molecule has 0 spiro atoms. The Balaban J connectivity index is 2.49. The topological polar surface area (TPSA) is 88.5 Å². The van der Waals surface area contributed by atoms with E-state index in [0.29, 0.717) is 0 Å². The van der Waals surface area contributed by atoms with Crippen molar-refractivity contribution in [3.8, 4) is 5.75 Å². The average molecular weight is 252 g/mol. The number of hydrogen-bond acceptors (Lipinski definition) is 4. The molecule has 0 aromatic carbocycles. The van der Waals surface area contributed by atoms with Gasteiger partial charge in [-0.1, -0.05) is 0 Å². The van der Waals surface area contributed by atoms with Crippen LogP contribution in [0.4, 0.5) is 0 Å². The van der Waals surface area contributed by atoms with E-state index in [1.807, 2.05) is 13.8 Å². The van der Waals surface area contributed by atoms with Crippen molar-refractivity contribution in [3.63, 3.8) is 0 Å². The molecule has 6 heteroatoms. The van der Waals surface area contributed by atoms with Gasteiger partial charge < -0.3 is 15.2 Å². The molecule has 0 saturated carbocycles. The maximum Gasteiger partial charge on any atom is 0.339 e. The molecule has 0 unspecified atom stereocenters. The van der Waals surface area contributed by atoms with E-state index >= 15 is 0 Å². The van der Waals surface area contributed by atoms with E-state index in [2.05, 4.69) is 10.3 Å². The first kappa shape index (κ1) is 14.0. The molecule has 1 heterocycles. The number of carboxylic acids is 1. The quantitative estimate of drug-likeness (QED) is 0.790. The van der Waals surface area contributed by atoms with Crippen molar-refractivity contribution in [1.82, 2.24) is 10.3 Å². The van der Waals surface area contributed by atoms with Gasteiger partial charge >= 0.3 is 5.97 Å². The molecular weight excluding hydrogens is 236 g/mol. The number of nitrogens with zero attached hydrogens (tertiary/aromatic N) is 1. The Morgan fingerprint density at radius 2 is 2.22 bits per heavy atom. The highest BCUT2D eigenvalue weighted by Crippen LogP contribution is 2.16. The van der Waals surface area contributed by atoms with E-state index in [-0.39, 0.29) is 36.3 Å². The van der Waals surface area contributed by atoms with E-state index in [1.165, 1.54) is 18.5 Å². The summed E-state index contributed by atoms with van der Waals surface area (Å²) in [5, 5.41) is 11.6. The minimum Gasteiger partial charge on any atom is -0.491 e. The second-order valence-corrected chi connectivity index (χ2v) is 4.00. The van der Waals surface area contributed by atoms with E-state index < -0.39 is 5.97 Å². The summed E-state index contributed by atoms with van der Waals surface area (Å²) in [6, 6.07) is 1.43. The van der Waals surface area contributed by atoms with Gasteiger partial charge in [-0.2, -0.15) is 0 Å². The second-order valence-electron chi connectivity index (χ2n) is 4.00. The SMILES string of the molecule is CC(C)NC(=O)CCOc1cnccc1C(=O)O. The lowest BCUT2D eigenvalue weighted by Crippen LogP contribution is -2.31. The number of pyridine rings is 1. The molecule has 1 rings (SSSR count). The van der Waals surface area contributed by atoms with Gasteiger partial charge in [-0.3, -0.25) is 9.78 Å². The van der Waals surface area contributed by atoms with E-state index in [1.54, 1.807) is 0 Å². The Morgan fingerprint density at radius 1 is 1.50 bits per heavy atom. The summed E-state index contributed by atoms with van der Waals surface area (Å²) in [4.78, 5) is 26.0. The zero-order valence-corrected chi connectivity index (χ0v) is 10.3. The first-order valence-electron chi connectivity index (χ1n) is 5.60. The molecule has 6 nitrogen and oxygen atoms in total. The second kappa shape index (κ2) is 6.58. The molecule has 0 saturated heterocycles. The number of aromatic carboxylic acids is 1. The van der Waals surface area contributed by atoms with Crippen LogP contribution in [0, 0.1) is 0 Å². The minimum absolute atomic E-state index is 0.0364. The number of carbonyl (C=O) groups is 2. The lowest BCUT2D eigenvalue weighted by Gasteiger charge is -2.10. The normalized spacial score (nSPS) is 10.2. The van der Waals surface area contributed by atoms with Crippen LogP contribution >= 0.6 is 0 Å². The molecule has 0 atom stereocenters. The highest BCUT2D eigenvalue weighted by Gasteiger charge is 2.11. The number of nitrogens with one attached hydrogen (secondary N) is 1. The highest BCUT2D eigenvalue weighted by atomic mass is 16.5. The molecule has 18 heavy (non-hydrogen) atoms. The smallest absolute Gasteiger partial charge is 0.339 e. The zero-order valence-electron chi connectivity index (χ0n) is 10.3. The molecular formula is C12H16N2O4. The fourth-order valence-corrected chi connectivity index (χ4v) is 1.32. The fourth-order valence-electron chi connectivity index (χ4n) is 1.32. The summed E-state index contributed by atoms with van der Waals surface area (Å²) in [5.41, 5.74) is 0.0364. The number of carboxylic acid groups (broad SMARTS) is 1. The molecule has 0 fully saturated rings. The maximum absolute atomic E-state index is 11.3. The van der Waals surface area contributed by atoms with Gasteiger partial charge in [0.15, 0.2) is 5.75 Å². The molecule has 98 valence electrons. The van der Waals surface area contributed by atoms with Crippen LogP contribution in [0.1, 0.15) is 30.6 Å². The van der Waals surface area contributed by atoms with Gasteiger partial charge in [0.1, 0.15) is 5.56 Å². The van der Waals surface area contributed by atoms with Crippen LogP contribution < -0.4 is 10.1 Å². The molecule has 0 aliphatic rings. The standard InChI is InChI=1S/C12H16N2O4/c1-8(2)14-11(15)4-6-18-10-7-13-5-3-9(10)12(16)17/h3,5,7-8H,4,6H2,1-2H3,(H,14,15)(H,16,17). The average Bonchev–Trinajstić information content (AvgIpc) is 2.28. The van der Waals surface area contributed by atoms with Crippen molar-refractivity contribution in [2.45, 2.75) is 26.3 Å². The summed E-state index contributed by atoms with van der Waals surface area (Å²) in [6.45, 7) is 3.84. The van der Waals surface area contributed by atoms with Crippen LogP contribution in [0.25, 0.3) is 0 Å². The summed E-state index contributed by atoms with van der Waals surface area (Å²) in [5.74, 6) is -1.05. The van der Waals surface area contributed by atoms with Crippen LogP contribution in [0.3, 0.4) is 0 Å². The third-order valence-corrected chi connectivity index (χ3v) is 2.05. The lowest BCUT2D eigenvalue weighted by molar-refractivity contribution is -0.122. The van der Waals surface area contributed by atoms with Crippen molar-refractivity contribution in [1.29, 1.82) is 0 Å². The lowest BCUT2D eigenvalue weighted by atomic mass is 10.2. The largest absolute Gasteiger partial charge is 0.491 e. The van der Waals surface area contributed by atoms with Crippen LogP contribution in [0.2, 0.25) is 0 Å². The Morgan fingerprint density at radius 3 is 2.83 bits per heavy atom. The van der Waals surface area contributed by atoms with Gasteiger partial charge in [0.2, 0.25) is 5.91 Å². The van der Waals surface area contributed by atoms with Crippen molar-refractivity contribution in [2.75, 3.05) is 6.61 Å². The van der Waals surface area contributed by atoms with Gasteiger partial charge in [0, 0.05) is 12.2 Å². The van der Waals surface area contributed by atoms with Crippen molar-refractivity contribution in [3.05, 3.63) is 24.0 Å². The van der Waals surface area contributed by atoms with Gasteiger partial charge in [-0.25, -0.2) is 4.79 Å². The number of ether oxygens (including phenoxy) is 1. The zero-order chi connectivity index (χ0) is 13.5. The van der Waals surface area contributed by atoms with Crippen molar-refractivity contribution < 1.29 is 19.4 Å². The highest BCUT2D eigenvalue weighted by molar-refractivity contribution is 5.90. The van der Waals surface area contributed by atoms with Gasteiger partial charge in [-0.15, -0.1) is 0 Å². The first-order valence-corrected chi connectivity index (χ1v) is 5.60. The molecule has 0 bridgehead atoms. The van der Waals surface area contributed by atoms with Crippen LogP contribution in [-0.4, -0.2) is 34.6 Å². The summed E-state index contributed by atoms with van der Waals surface area (Å²) < 4.78 is 5.25. The summed E-state index contributed by atoms with van der Waals surface area (Å²) >= 11 is 0. The van der Waals surface area contributed by atoms with Crippen LogP contribution in [0.15, 0.2) is 18.5 Å². The predicted octanol–water partition coefficient (Wildman–Crippen LogP) is 1.07. The molecule has 1 aromatic rings. The van der Waals surface area contributed by atoms with Gasteiger partial charge in [0.05, 0.1) is 19.2 Å². The third-order valence-electron chi connectivity index (χ3n) is 2.05. The molecule has 0 aliphatic carbocycles. The van der Waals surface area contributed by atoms with Crippen LogP contribution in [0.5, 0.6) is 5.75 Å². The number of aromatic nitrogens is 1. The monoisotopic (exact) mass is 252 g/mol. The summed E-state index contributed by atoms with van der Waals surface area (Å²) in [6.07, 6.45) is 2.87. The van der Waals surface area contributed by atoms with E-state index in [0.717, 1.165) is 0 Å². The first-order chi connectivity index (χ1) is 8.50. The van der Waals surface area contributed by atoms with Crippen LogP contribution in [-0.2, 0) is 4.79 Å². The van der Waals surface area contributed by atoms with Crippen molar-refractivity contribution >= 4 is 11.9 Å². The molecule has 2 N–H and O–H groups in total. The van der Waals surface area contributed by atoms with E-state index in [4.69, 9.17) is 9.84 Å². The maximum atomic E-state index is 11.3. The third kappa shape index (κ3) is 4.40. The Kier molecular flexibility index (Phi) is 5.10. The minimum atomic E-state index is -1.08.